The van der Waals surface area contributed by atoms with Gasteiger partial charge in [0.15, 0.2) is 0 Å². The molecule has 0 saturated heterocycles. The molecule has 23 heavy (non-hydrogen) atoms. The fourth-order valence-corrected chi connectivity index (χ4v) is 2.78. The van der Waals surface area contributed by atoms with Crippen LogP contribution in [0.5, 0.6) is 0 Å². The Morgan fingerprint density at radius 3 is 2.30 bits per heavy atom. The van der Waals surface area contributed by atoms with E-state index in [0.29, 0.717) is 25.3 Å². The smallest absolute Gasteiger partial charge is 0.312 e. The summed E-state index contributed by atoms with van der Waals surface area (Å²) in [5, 5.41) is 0. The second-order valence-electron chi connectivity index (χ2n) is 6.84. The molecule has 1 aromatic rings. The fraction of sp³-hybridized carbons (Fsp3) is 0.706. The molecule has 6 heteroatoms. The number of hydrogen-bond donors (Lipinski definition) is 0. The highest BCUT2D eigenvalue weighted by Gasteiger charge is 2.34. The van der Waals surface area contributed by atoms with Gasteiger partial charge in [-0.15, -0.1) is 0 Å². The van der Waals surface area contributed by atoms with E-state index in [0.717, 1.165) is 12.5 Å². The number of hydrogen-bond acceptors (Lipinski definition) is 2. The molecule has 0 amide bonds. The fourth-order valence-electron chi connectivity index (χ4n) is 2.78. The molecule has 3 nitrogen and oxygen atoms in total. The lowest BCUT2D eigenvalue weighted by Gasteiger charge is -2.21. The summed E-state index contributed by atoms with van der Waals surface area (Å²) in [5.74, 6) is 0.372. The molecule has 0 aliphatic heterocycles. The largest absolute Gasteiger partial charge is 0.416 e. The van der Waals surface area contributed by atoms with Gasteiger partial charge in [-0.05, 0) is 58.3 Å². The molecule has 1 aromatic heterocycles. The predicted octanol–water partition coefficient (Wildman–Crippen LogP) is 3.97. The summed E-state index contributed by atoms with van der Waals surface area (Å²) in [6.07, 6.45) is -1.40. The highest BCUT2D eigenvalue weighted by atomic mass is 19.4. The molecule has 0 spiro atoms. The SMILES string of the molecule is CC(C)CC(C)n1cc(CCCN(C)C)c(C(F)(F)F)cc1=O. The van der Waals surface area contributed by atoms with Crippen molar-refractivity contribution in [2.24, 2.45) is 5.92 Å². The van der Waals surface area contributed by atoms with Crippen LogP contribution < -0.4 is 5.56 Å². The van der Waals surface area contributed by atoms with Crippen LogP contribution in [0, 0.1) is 5.92 Å². The van der Waals surface area contributed by atoms with Crippen molar-refractivity contribution in [2.75, 3.05) is 20.6 Å². The standard InChI is InChI=1S/C17H27F3N2O/c1-12(2)9-13(3)22-11-14(7-6-8-21(4)5)15(10-16(22)23)17(18,19)20/h10-13H,6-9H2,1-5H3. The van der Waals surface area contributed by atoms with E-state index in [1.165, 1.54) is 10.8 Å². The molecule has 0 aliphatic rings. The molecule has 0 N–H and O–H groups in total. The summed E-state index contributed by atoms with van der Waals surface area (Å²) in [5.41, 5.74) is -1.18. The van der Waals surface area contributed by atoms with Crippen molar-refractivity contribution in [3.05, 3.63) is 33.7 Å². The maximum atomic E-state index is 13.2. The van der Waals surface area contributed by atoms with Gasteiger partial charge in [-0.1, -0.05) is 13.8 Å². The first-order valence-electron chi connectivity index (χ1n) is 7.99. The van der Waals surface area contributed by atoms with Crippen molar-refractivity contribution in [1.29, 1.82) is 0 Å². The number of alkyl halides is 3. The van der Waals surface area contributed by atoms with Crippen LogP contribution in [0.1, 0.15) is 50.8 Å². The highest BCUT2D eigenvalue weighted by Crippen LogP contribution is 2.32. The van der Waals surface area contributed by atoms with Crippen molar-refractivity contribution in [3.8, 4) is 0 Å². The van der Waals surface area contributed by atoms with Gasteiger partial charge in [0.25, 0.3) is 5.56 Å². The topological polar surface area (TPSA) is 25.2 Å². The monoisotopic (exact) mass is 332 g/mol. The molecule has 1 unspecified atom stereocenters. The van der Waals surface area contributed by atoms with E-state index in [2.05, 4.69) is 0 Å². The van der Waals surface area contributed by atoms with Crippen LogP contribution in [0.15, 0.2) is 17.1 Å². The van der Waals surface area contributed by atoms with Gasteiger partial charge in [-0.25, -0.2) is 0 Å². The first-order valence-corrected chi connectivity index (χ1v) is 7.99. The normalized spacial score (nSPS) is 13.8. The van der Waals surface area contributed by atoms with Gasteiger partial charge in [-0.2, -0.15) is 13.2 Å². The molecule has 0 saturated carbocycles. The zero-order valence-corrected chi connectivity index (χ0v) is 14.6. The van der Waals surface area contributed by atoms with Crippen LogP contribution in [0.3, 0.4) is 0 Å². The van der Waals surface area contributed by atoms with E-state index in [1.54, 1.807) is 0 Å². The van der Waals surface area contributed by atoms with Gasteiger partial charge < -0.3 is 9.47 Å². The summed E-state index contributed by atoms with van der Waals surface area (Å²) in [7, 11) is 3.77. The number of nitrogens with zero attached hydrogens (tertiary/aromatic N) is 2. The van der Waals surface area contributed by atoms with Gasteiger partial charge in [0, 0.05) is 18.3 Å². The predicted molar refractivity (Wildman–Crippen MR) is 86.7 cm³/mol. The van der Waals surface area contributed by atoms with Crippen LogP contribution >= 0.6 is 0 Å². The van der Waals surface area contributed by atoms with Gasteiger partial charge in [0.2, 0.25) is 0 Å². The lowest BCUT2D eigenvalue weighted by molar-refractivity contribution is -0.138. The van der Waals surface area contributed by atoms with Crippen molar-refractivity contribution in [3.63, 3.8) is 0 Å². The first-order chi connectivity index (χ1) is 10.5. The van der Waals surface area contributed by atoms with Crippen molar-refractivity contribution < 1.29 is 13.2 Å². The van der Waals surface area contributed by atoms with E-state index in [9.17, 15) is 18.0 Å². The molecule has 132 valence electrons. The molecule has 0 radical (unpaired) electrons. The Balaban J connectivity index is 3.18. The molecule has 0 aliphatic carbocycles. The Bertz CT molecular complexity index is 562. The Labute approximate surface area is 136 Å². The maximum absolute atomic E-state index is 13.2. The van der Waals surface area contributed by atoms with E-state index >= 15 is 0 Å². The quantitative estimate of drug-likeness (QED) is 0.755. The van der Waals surface area contributed by atoms with Crippen LogP contribution in [0.2, 0.25) is 0 Å². The summed E-state index contributed by atoms with van der Waals surface area (Å²) < 4.78 is 41.0. The zero-order valence-electron chi connectivity index (χ0n) is 14.6. The van der Waals surface area contributed by atoms with Gasteiger partial charge in [-0.3, -0.25) is 4.79 Å². The molecular formula is C17H27F3N2O. The lowest BCUT2D eigenvalue weighted by atomic mass is 10.0. The third-order valence-electron chi connectivity index (χ3n) is 3.81. The van der Waals surface area contributed by atoms with Crippen LogP contribution in [0.4, 0.5) is 13.2 Å². The second kappa shape index (κ2) is 7.99. The average molecular weight is 332 g/mol. The minimum absolute atomic E-state index is 0.114. The third kappa shape index (κ3) is 6.01. The van der Waals surface area contributed by atoms with Crippen LogP contribution in [-0.4, -0.2) is 30.1 Å². The highest BCUT2D eigenvalue weighted by molar-refractivity contribution is 5.27. The molecule has 1 atom stereocenters. The average Bonchev–Trinajstić information content (AvgIpc) is 2.37. The Morgan fingerprint density at radius 1 is 1.22 bits per heavy atom. The molecule has 1 rings (SSSR count). The van der Waals surface area contributed by atoms with E-state index in [4.69, 9.17) is 0 Å². The van der Waals surface area contributed by atoms with Crippen molar-refractivity contribution in [2.45, 2.75) is 52.3 Å². The zero-order chi connectivity index (χ0) is 17.8. The van der Waals surface area contributed by atoms with E-state index < -0.39 is 17.3 Å². The molecule has 0 fully saturated rings. The third-order valence-corrected chi connectivity index (χ3v) is 3.81. The number of aromatic nitrogens is 1. The number of pyridine rings is 1. The number of aryl methyl sites for hydroxylation is 1. The van der Waals surface area contributed by atoms with Gasteiger partial charge in [0.05, 0.1) is 5.56 Å². The number of rotatable bonds is 7. The molecule has 1 heterocycles. The lowest BCUT2D eigenvalue weighted by Crippen LogP contribution is -2.27. The molecule has 0 aromatic carbocycles. The summed E-state index contributed by atoms with van der Waals surface area (Å²) in [4.78, 5) is 14.0. The molecule has 0 bridgehead atoms. The Kier molecular flexibility index (Phi) is 6.86. The maximum Gasteiger partial charge on any atom is 0.416 e. The Hall–Kier alpha value is -1.30. The number of halogens is 3. The second-order valence-corrected chi connectivity index (χ2v) is 6.84. The van der Waals surface area contributed by atoms with E-state index in [1.807, 2.05) is 39.8 Å². The van der Waals surface area contributed by atoms with Crippen LogP contribution in [-0.2, 0) is 12.6 Å². The Morgan fingerprint density at radius 2 is 1.83 bits per heavy atom. The summed E-state index contributed by atoms with van der Waals surface area (Å²) in [6.45, 7) is 6.64. The molecular weight excluding hydrogens is 305 g/mol. The van der Waals surface area contributed by atoms with Crippen molar-refractivity contribution in [1.82, 2.24) is 9.47 Å². The first kappa shape index (κ1) is 19.7. The minimum Gasteiger partial charge on any atom is -0.312 e. The summed E-state index contributed by atoms with van der Waals surface area (Å²) in [6, 6.07) is 0.638. The van der Waals surface area contributed by atoms with Crippen LogP contribution in [0.25, 0.3) is 0 Å². The summed E-state index contributed by atoms with van der Waals surface area (Å²) >= 11 is 0. The van der Waals surface area contributed by atoms with Gasteiger partial charge in [0.1, 0.15) is 0 Å². The minimum atomic E-state index is -4.49. The van der Waals surface area contributed by atoms with Crippen molar-refractivity contribution >= 4 is 0 Å². The van der Waals surface area contributed by atoms with Gasteiger partial charge >= 0.3 is 6.18 Å². The van der Waals surface area contributed by atoms with E-state index in [-0.39, 0.29) is 11.6 Å².